The summed E-state index contributed by atoms with van der Waals surface area (Å²) in [7, 11) is 4.03. The van der Waals surface area contributed by atoms with Crippen LogP contribution in [-0.2, 0) is 11.2 Å². The summed E-state index contributed by atoms with van der Waals surface area (Å²) in [5, 5.41) is 8.52. The Kier molecular flexibility index (Phi) is 7.57. The number of aryl methyl sites for hydroxylation is 1. The van der Waals surface area contributed by atoms with E-state index < -0.39 is 0 Å². The highest BCUT2D eigenvalue weighted by atomic mass is 16.5. The quantitative estimate of drug-likeness (QED) is 0.292. The molecule has 0 saturated carbocycles. The number of amides is 1. The molecule has 158 valence electrons. The van der Waals surface area contributed by atoms with Gasteiger partial charge in [0.1, 0.15) is 5.69 Å². The zero-order valence-corrected chi connectivity index (χ0v) is 17.5. The number of oxazole rings is 1. The van der Waals surface area contributed by atoms with Gasteiger partial charge >= 0.3 is 0 Å². The van der Waals surface area contributed by atoms with Crippen LogP contribution in [0, 0.1) is 0 Å². The van der Waals surface area contributed by atoms with Crippen LogP contribution in [0.5, 0.6) is 0 Å². The molecule has 0 fully saturated rings. The molecule has 30 heavy (non-hydrogen) atoms. The van der Waals surface area contributed by atoms with E-state index in [-0.39, 0.29) is 5.91 Å². The van der Waals surface area contributed by atoms with Gasteiger partial charge in [0.25, 0.3) is 0 Å². The number of rotatable bonds is 10. The van der Waals surface area contributed by atoms with Crippen molar-refractivity contribution in [1.29, 1.82) is 0 Å². The lowest BCUT2D eigenvalue weighted by molar-refractivity contribution is -0.129. The minimum Gasteiger partial charge on any atom is -0.440 e. The Labute approximate surface area is 176 Å². The number of hydrogen-bond acceptors (Lipinski definition) is 6. The molecule has 7 nitrogen and oxygen atoms in total. The van der Waals surface area contributed by atoms with Crippen LogP contribution in [0.1, 0.15) is 38.0 Å². The van der Waals surface area contributed by atoms with Gasteiger partial charge in [0.15, 0.2) is 11.7 Å². The van der Waals surface area contributed by atoms with Crippen LogP contribution in [0.15, 0.2) is 53.2 Å². The molecular weight excluding hydrogens is 380 g/mol. The van der Waals surface area contributed by atoms with E-state index in [2.05, 4.69) is 34.1 Å². The van der Waals surface area contributed by atoms with Crippen molar-refractivity contribution >= 4 is 11.6 Å². The molecular formula is C23H28N4O3. The lowest BCUT2D eigenvalue weighted by Crippen LogP contribution is -2.17. The van der Waals surface area contributed by atoms with E-state index in [1.165, 1.54) is 0 Å². The lowest BCUT2D eigenvalue weighted by Gasteiger charge is -2.12. The van der Waals surface area contributed by atoms with Crippen molar-refractivity contribution in [2.45, 2.75) is 38.5 Å². The molecule has 0 aliphatic rings. The average Bonchev–Trinajstić information content (AvgIpc) is 3.20. The van der Waals surface area contributed by atoms with Crippen LogP contribution in [0.4, 0.5) is 5.69 Å². The van der Waals surface area contributed by atoms with Gasteiger partial charge in [0.2, 0.25) is 5.91 Å². The summed E-state index contributed by atoms with van der Waals surface area (Å²) >= 11 is 0. The summed E-state index contributed by atoms with van der Waals surface area (Å²) in [5.41, 5.74) is 5.51. The molecule has 1 aromatic carbocycles. The fraction of sp³-hybridized carbons (Fsp3) is 0.348. The monoisotopic (exact) mass is 408 g/mol. The third-order valence-electron chi connectivity index (χ3n) is 4.92. The van der Waals surface area contributed by atoms with E-state index in [4.69, 9.17) is 14.6 Å². The first-order valence-electron chi connectivity index (χ1n) is 10.2. The molecule has 2 aromatic heterocycles. The summed E-state index contributed by atoms with van der Waals surface area (Å²) in [4.78, 5) is 22.1. The topological polar surface area (TPSA) is 91.5 Å². The Morgan fingerprint density at radius 2 is 1.83 bits per heavy atom. The van der Waals surface area contributed by atoms with Crippen LogP contribution in [0.3, 0.4) is 0 Å². The Morgan fingerprint density at radius 1 is 1.07 bits per heavy atom. The highest BCUT2D eigenvalue weighted by Crippen LogP contribution is 2.33. The van der Waals surface area contributed by atoms with E-state index in [1.807, 2.05) is 26.2 Å². The predicted octanol–water partition coefficient (Wildman–Crippen LogP) is 4.47. The minimum absolute atomic E-state index is 0.339. The first kappa shape index (κ1) is 21.5. The maximum Gasteiger partial charge on any atom is 0.243 e. The van der Waals surface area contributed by atoms with Gasteiger partial charge in [0.05, 0.1) is 0 Å². The first-order valence-corrected chi connectivity index (χ1v) is 10.2. The number of anilines is 1. The highest BCUT2D eigenvalue weighted by Gasteiger charge is 2.17. The number of nitrogens with one attached hydrogen (secondary N) is 1. The van der Waals surface area contributed by atoms with Crippen molar-refractivity contribution < 1.29 is 14.4 Å². The van der Waals surface area contributed by atoms with Crippen LogP contribution in [0.25, 0.3) is 22.6 Å². The van der Waals surface area contributed by atoms with Gasteiger partial charge in [-0.2, -0.15) is 0 Å². The Hall–Kier alpha value is -3.19. The smallest absolute Gasteiger partial charge is 0.243 e. The number of hydroxylamine groups is 1. The second-order valence-electron chi connectivity index (χ2n) is 7.42. The average molecular weight is 409 g/mol. The van der Waals surface area contributed by atoms with Gasteiger partial charge in [0, 0.05) is 56.1 Å². The molecule has 7 heteroatoms. The number of carbonyl (C=O) groups excluding carboxylic acids is 1. The van der Waals surface area contributed by atoms with Gasteiger partial charge in [-0.25, -0.2) is 10.5 Å². The maximum absolute atomic E-state index is 11.0. The number of unbranched alkanes of at least 4 members (excludes halogenated alkanes) is 3. The molecule has 0 bridgehead atoms. The van der Waals surface area contributed by atoms with Crippen molar-refractivity contribution in [1.82, 2.24) is 15.4 Å². The van der Waals surface area contributed by atoms with Crippen LogP contribution < -0.4 is 10.4 Å². The van der Waals surface area contributed by atoms with Gasteiger partial charge < -0.3 is 9.32 Å². The fourth-order valence-corrected chi connectivity index (χ4v) is 3.25. The van der Waals surface area contributed by atoms with Crippen molar-refractivity contribution in [3.8, 4) is 22.6 Å². The summed E-state index contributed by atoms with van der Waals surface area (Å²) in [6, 6.07) is 12.1. The van der Waals surface area contributed by atoms with Crippen LogP contribution >= 0.6 is 0 Å². The number of pyridine rings is 1. The number of aromatic nitrogens is 2. The lowest BCUT2D eigenvalue weighted by atomic mass is 10.1. The molecule has 0 atom stereocenters. The number of carbonyl (C=O) groups is 1. The Morgan fingerprint density at radius 3 is 2.50 bits per heavy atom. The molecule has 0 spiro atoms. The molecule has 0 saturated heterocycles. The van der Waals surface area contributed by atoms with Gasteiger partial charge in [-0.3, -0.25) is 15.0 Å². The van der Waals surface area contributed by atoms with Crippen molar-refractivity contribution in [3.63, 3.8) is 0 Å². The first-order chi connectivity index (χ1) is 14.6. The van der Waals surface area contributed by atoms with Crippen molar-refractivity contribution in [3.05, 3.63) is 54.7 Å². The number of benzene rings is 1. The zero-order valence-electron chi connectivity index (χ0n) is 17.5. The summed E-state index contributed by atoms with van der Waals surface area (Å²) in [5.74, 6) is 1.10. The van der Waals surface area contributed by atoms with Gasteiger partial charge in [-0.15, -0.1) is 0 Å². The summed E-state index contributed by atoms with van der Waals surface area (Å²) in [6.07, 6.45) is 8.16. The molecule has 0 radical (unpaired) electrons. The maximum atomic E-state index is 11.0. The van der Waals surface area contributed by atoms with Gasteiger partial charge in [-0.05, 0) is 37.1 Å². The SMILES string of the molecule is CN(C)c1ccc(-c2nc(CCCCCCC(=O)NO)oc2-c2cccnc2)cc1. The number of hydrogen-bond donors (Lipinski definition) is 2. The molecule has 2 heterocycles. The highest BCUT2D eigenvalue weighted by molar-refractivity contribution is 5.77. The largest absolute Gasteiger partial charge is 0.440 e. The molecule has 0 aliphatic carbocycles. The van der Waals surface area contributed by atoms with E-state index in [9.17, 15) is 4.79 Å². The van der Waals surface area contributed by atoms with E-state index in [0.29, 0.717) is 12.3 Å². The normalized spacial score (nSPS) is 10.8. The summed E-state index contributed by atoms with van der Waals surface area (Å²) < 4.78 is 6.14. The third kappa shape index (κ3) is 5.67. The predicted molar refractivity (Wildman–Crippen MR) is 116 cm³/mol. The Balaban J connectivity index is 1.72. The van der Waals surface area contributed by atoms with E-state index >= 15 is 0 Å². The molecule has 3 rings (SSSR count). The minimum atomic E-state index is -0.339. The molecule has 0 unspecified atom stereocenters. The Bertz CT molecular complexity index is 937. The van der Waals surface area contributed by atoms with Crippen LogP contribution in [-0.4, -0.2) is 35.2 Å². The zero-order chi connectivity index (χ0) is 21.3. The second kappa shape index (κ2) is 10.5. The molecule has 0 aliphatic heterocycles. The second-order valence-corrected chi connectivity index (χ2v) is 7.42. The molecule has 1 amide bonds. The molecule has 3 aromatic rings. The van der Waals surface area contributed by atoms with Gasteiger partial charge in [-0.1, -0.05) is 25.0 Å². The summed E-state index contributed by atoms with van der Waals surface area (Å²) in [6.45, 7) is 0. The van der Waals surface area contributed by atoms with E-state index in [0.717, 1.165) is 60.4 Å². The molecule has 2 N–H and O–H groups in total. The van der Waals surface area contributed by atoms with E-state index in [1.54, 1.807) is 17.9 Å². The van der Waals surface area contributed by atoms with Crippen molar-refractivity contribution in [2.75, 3.05) is 19.0 Å². The third-order valence-corrected chi connectivity index (χ3v) is 4.92. The number of nitrogens with zero attached hydrogens (tertiary/aromatic N) is 3. The standard InChI is InChI=1S/C23H28N4O3/c1-27(2)19-13-11-17(12-14-19)22-23(18-8-7-15-24-16-18)30-21(25-22)10-6-4-3-5-9-20(28)26-29/h7-8,11-16,29H,3-6,9-10H2,1-2H3,(H,26,28). The van der Waals surface area contributed by atoms with Crippen molar-refractivity contribution in [2.24, 2.45) is 0 Å². The van der Waals surface area contributed by atoms with Crippen LogP contribution in [0.2, 0.25) is 0 Å². The fourth-order valence-electron chi connectivity index (χ4n) is 3.25.